The summed E-state index contributed by atoms with van der Waals surface area (Å²) in [6.45, 7) is 0. The fourth-order valence-corrected chi connectivity index (χ4v) is 5.17. The van der Waals surface area contributed by atoms with Gasteiger partial charge in [0.1, 0.15) is 17.2 Å². The van der Waals surface area contributed by atoms with Gasteiger partial charge in [0.25, 0.3) is 24.7 Å². The molecular weight excluding hydrogens is 738 g/mol. The molecule has 0 unspecified atom stereocenters. The first-order valence-corrected chi connectivity index (χ1v) is 15.3. The van der Waals surface area contributed by atoms with Crippen LogP contribution in [0.3, 0.4) is 0 Å². The van der Waals surface area contributed by atoms with E-state index in [1.807, 2.05) is 0 Å². The lowest BCUT2D eigenvalue weighted by atomic mass is 10.0. The SMILES string of the molecule is Cn1cc(C(=O)Nc2ccccc2-c2cc(F)c(F)c(F)c2)c(C(F)F)n1.Cn1cc(C(=O)Nc2ccccc2-c2cc(F)c(F)cc2F)c(C(F)F)n1. The van der Waals surface area contributed by atoms with Crippen LogP contribution >= 0.6 is 0 Å². The lowest BCUT2D eigenvalue weighted by Crippen LogP contribution is -2.14. The number of anilines is 2. The zero-order valence-electron chi connectivity index (χ0n) is 27.6. The number of rotatable bonds is 8. The summed E-state index contributed by atoms with van der Waals surface area (Å²) in [6.07, 6.45) is -3.66. The largest absolute Gasteiger partial charge is 0.321 e. The summed E-state index contributed by atoms with van der Waals surface area (Å²) in [5.41, 5.74) is -2.00. The summed E-state index contributed by atoms with van der Waals surface area (Å²) in [6, 6.07) is 14.3. The van der Waals surface area contributed by atoms with Gasteiger partial charge in [-0.3, -0.25) is 19.0 Å². The van der Waals surface area contributed by atoms with Gasteiger partial charge < -0.3 is 10.6 Å². The first-order valence-electron chi connectivity index (χ1n) is 15.3. The normalized spacial score (nSPS) is 11.1. The molecule has 54 heavy (non-hydrogen) atoms. The smallest absolute Gasteiger partial charge is 0.282 e. The van der Waals surface area contributed by atoms with E-state index in [4.69, 9.17) is 0 Å². The second-order valence-electron chi connectivity index (χ2n) is 11.3. The van der Waals surface area contributed by atoms with Gasteiger partial charge in [-0.1, -0.05) is 36.4 Å². The van der Waals surface area contributed by atoms with Gasteiger partial charge in [0.2, 0.25) is 0 Å². The topological polar surface area (TPSA) is 93.8 Å². The summed E-state index contributed by atoms with van der Waals surface area (Å²) in [5.74, 6) is -9.81. The number of aromatic nitrogens is 4. The summed E-state index contributed by atoms with van der Waals surface area (Å²) in [4.78, 5) is 24.8. The number of nitrogens with zero attached hydrogens (tertiary/aromatic N) is 4. The Morgan fingerprint density at radius 1 is 0.556 bits per heavy atom. The highest BCUT2D eigenvalue weighted by molar-refractivity contribution is 6.07. The molecule has 0 bridgehead atoms. The number of alkyl halides is 4. The maximum Gasteiger partial charge on any atom is 0.282 e. The van der Waals surface area contributed by atoms with E-state index in [2.05, 4.69) is 20.8 Å². The summed E-state index contributed by atoms with van der Waals surface area (Å²) in [7, 11) is 2.77. The number of carbonyl (C=O) groups is 2. The number of amides is 2. The van der Waals surface area contributed by atoms with Crippen molar-refractivity contribution in [2.24, 2.45) is 14.1 Å². The van der Waals surface area contributed by atoms with Crippen LogP contribution in [0.25, 0.3) is 22.3 Å². The van der Waals surface area contributed by atoms with Crippen LogP contribution in [-0.4, -0.2) is 31.4 Å². The Labute approximate surface area is 298 Å². The predicted molar refractivity (Wildman–Crippen MR) is 176 cm³/mol. The van der Waals surface area contributed by atoms with E-state index in [9.17, 15) is 53.5 Å². The summed E-state index contributed by atoms with van der Waals surface area (Å²) in [5, 5.41) is 11.9. The average molecular weight is 763 g/mol. The molecule has 280 valence electrons. The van der Waals surface area contributed by atoms with Crippen molar-refractivity contribution in [3.05, 3.63) is 143 Å². The minimum Gasteiger partial charge on any atom is -0.321 e. The molecule has 8 nitrogen and oxygen atoms in total. The van der Waals surface area contributed by atoms with Crippen molar-refractivity contribution < 1.29 is 53.5 Å². The second-order valence-corrected chi connectivity index (χ2v) is 11.3. The summed E-state index contributed by atoms with van der Waals surface area (Å²) < 4.78 is 135. The molecule has 0 aliphatic carbocycles. The van der Waals surface area contributed by atoms with E-state index < -0.39 is 71.0 Å². The second kappa shape index (κ2) is 16.1. The highest BCUT2D eigenvalue weighted by Crippen LogP contribution is 2.33. The Bertz CT molecular complexity index is 2340. The van der Waals surface area contributed by atoms with E-state index >= 15 is 0 Å². The highest BCUT2D eigenvalue weighted by atomic mass is 19.3. The fraction of sp³-hybridized carbons (Fsp3) is 0.111. The van der Waals surface area contributed by atoms with E-state index in [-0.39, 0.29) is 44.8 Å². The summed E-state index contributed by atoms with van der Waals surface area (Å²) >= 11 is 0. The molecule has 2 amide bonds. The maximum absolute atomic E-state index is 14.1. The molecule has 4 aromatic carbocycles. The molecule has 0 spiro atoms. The molecular formula is C36H24F10N6O2. The van der Waals surface area contributed by atoms with Crippen molar-refractivity contribution in [1.29, 1.82) is 0 Å². The van der Waals surface area contributed by atoms with Crippen molar-refractivity contribution in [3.63, 3.8) is 0 Å². The Balaban J connectivity index is 0.000000208. The third-order valence-electron chi connectivity index (χ3n) is 7.56. The van der Waals surface area contributed by atoms with Crippen LogP contribution in [0.1, 0.15) is 45.0 Å². The molecule has 6 rings (SSSR count). The number of benzene rings is 4. The van der Waals surface area contributed by atoms with Gasteiger partial charge in [0.15, 0.2) is 29.1 Å². The van der Waals surface area contributed by atoms with Crippen molar-refractivity contribution in [3.8, 4) is 22.3 Å². The van der Waals surface area contributed by atoms with Crippen LogP contribution in [-0.2, 0) is 14.1 Å². The quantitative estimate of drug-likeness (QED) is 0.0919. The average Bonchev–Trinajstić information content (AvgIpc) is 3.72. The molecule has 0 saturated carbocycles. The standard InChI is InChI=1S/2C18H12F5N3O/c1-26-8-11(16(25-26)17(22)23)18(27)24-14-5-3-2-4-10(14)9-6-12(19)15(21)13(20)7-9;1-26-8-11(16(25-26)17(22)23)18(27)24-15-5-3-2-4-9(15)10-6-13(20)14(21)7-12(10)19/h2*2-8,17H,1H3,(H,24,27). The van der Waals surface area contributed by atoms with Gasteiger partial charge in [0.05, 0.1) is 11.1 Å². The lowest BCUT2D eigenvalue weighted by molar-refractivity contribution is 0.100. The highest BCUT2D eigenvalue weighted by Gasteiger charge is 2.25. The predicted octanol–water partition coefficient (Wildman–Crippen LogP) is 9.39. The molecule has 0 aliphatic heterocycles. The number of nitrogens with one attached hydrogen (secondary N) is 2. The van der Waals surface area contributed by atoms with Crippen LogP contribution in [0.4, 0.5) is 55.3 Å². The van der Waals surface area contributed by atoms with Crippen LogP contribution in [0.2, 0.25) is 0 Å². The molecule has 2 N–H and O–H groups in total. The van der Waals surface area contributed by atoms with Gasteiger partial charge in [-0.15, -0.1) is 0 Å². The first kappa shape index (κ1) is 38.8. The van der Waals surface area contributed by atoms with Gasteiger partial charge in [0, 0.05) is 60.6 Å². The molecule has 0 atom stereocenters. The third-order valence-corrected chi connectivity index (χ3v) is 7.56. The molecule has 2 aromatic heterocycles. The Hall–Kier alpha value is -6.46. The maximum atomic E-state index is 14.1. The zero-order chi connectivity index (χ0) is 39.4. The minimum absolute atomic E-state index is 0.0254. The van der Waals surface area contributed by atoms with Crippen LogP contribution in [0.15, 0.2) is 85.2 Å². The number of aryl methyl sites for hydroxylation is 2. The van der Waals surface area contributed by atoms with Crippen molar-refractivity contribution in [2.45, 2.75) is 12.9 Å². The lowest BCUT2D eigenvalue weighted by Gasteiger charge is -2.12. The van der Waals surface area contributed by atoms with Crippen molar-refractivity contribution in [1.82, 2.24) is 19.6 Å². The third kappa shape index (κ3) is 8.43. The molecule has 0 radical (unpaired) electrons. The van der Waals surface area contributed by atoms with Gasteiger partial charge >= 0.3 is 0 Å². The molecule has 0 aliphatic rings. The van der Waals surface area contributed by atoms with E-state index in [0.717, 1.165) is 33.9 Å². The Morgan fingerprint density at radius 3 is 1.46 bits per heavy atom. The molecule has 18 heteroatoms. The molecule has 6 aromatic rings. The van der Waals surface area contributed by atoms with Gasteiger partial charge in [-0.25, -0.2) is 43.9 Å². The first-order chi connectivity index (χ1) is 25.5. The van der Waals surface area contributed by atoms with E-state index in [0.29, 0.717) is 12.1 Å². The minimum atomic E-state index is -2.97. The number of hydrogen-bond acceptors (Lipinski definition) is 4. The fourth-order valence-electron chi connectivity index (χ4n) is 5.17. The Kier molecular flexibility index (Phi) is 11.5. The van der Waals surface area contributed by atoms with Gasteiger partial charge in [-0.2, -0.15) is 10.2 Å². The van der Waals surface area contributed by atoms with Crippen molar-refractivity contribution in [2.75, 3.05) is 10.6 Å². The van der Waals surface area contributed by atoms with Gasteiger partial charge in [-0.05, 0) is 35.9 Å². The van der Waals surface area contributed by atoms with E-state index in [1.165, 1.54) is 56.6 Å². The number of para-hydroxylation sites is 2. The van der Waals surface area contributed by atoms with Crippen LogP contribution < -0.4 is 10.6 Å². The molecule has 0 fully saturated rings. The number of hydrogen-bond donors (Lipinski definition) is 2. The number of halogens is 10. The van der Waals surface area contributed by atoms with Crippen LogP contribution in [0.5, 0.6) is 0 Å². The zero-order valence-corrected chi connectivity index (χ0v) is 27.6. The van der Waals surface area contributed by atoms with E-state index in [1.54, 1.807) is 6.07 Å². The molecule has 2 heterocycles. The van der Waals surface area contributed by atoms with Crippen LogP contribution in [0, 0.1) is 34.9 Å². The Morgan fingerprint density at radius 2 is 0.981 bits per heavy atom. The molecule has 0 saturated heterocycles. The number of carbonyl (C=O) groups excluding carboxylic acids is 2. The van der Waals surface area contributed by atoms with Crippen molar-refractivity contribution >= 4 is 23.2 Å². The monoisotopic (exact) mass is 762 g/mol.